The van der Waals surface area contributed by atoms with Gasteiger partial charge in [0, 0.05) is 22.8 Å². The van der Waals surface area contributed by atoms with Gasteiger partial charge in [-0.25, -0.2) is 8.42 Å². The van der Waals surface area contributed by atoms with E-state index in [9.17, 15) is 13.2 Å². The first-order chi connectivity index (χ1) is 17.8. The van der Waals surface area contributed by atoms with Crippen LogP contribution in [0.1, 0.15) is 40.0 Å². The Morgan fingerprint density at radius 3 is 2.65 bits per heavy atom. The molecule has 0 radical (unpaired) electrons. The van der Waals surface area contributed by atoms with E-state index >= 15 is 0 Å². The second-order valence-electron chi connectivity index (χ2n) is 9.60. The van der Waals surface area contributed by atoms with Gasteiger partial charge in [-0.3, -0.25) is 19.5 Å². The summed E-state index contributed by atoms with van der Waals surface area (Å²) in [5.74, 6) is 0.451. The van der Waals surface area contributed by atoms with Gasteiger partial charge in [0.25, 0.3) is 0 Å². The lowest BCUT2D eigenvalue weighted by molar-refractivity contribution is 0.100. The second kappa shape index (κ2) is 8.81. The number of rotatable bonds is 5. The number of nitrogens with two attached hydrogens (primary N) is 1. The van der Waals surface area contributed by atoms with Crippen molar-refractivity contribution in [2.75, 3.05) is 16.5 Å². The fourth-order valence-corrected chi connectivity index (χ4v) is 7.19. The van der Waals surface area contributed by atoms with E-state index in [2.05, 4.69) is 14.9 Å². The topological polar surface area (TPSA) is 115 Å². The zero-order valence-corrected chi connectivity index (χ0v) is 21.2. The van der Waals surface area contributed by atoms with Gasteiger partial charge in [0.2, 0.25) is 5.91 Å². The quantitative estimate of drug-likeness (QED) is 0.423. The first kappa shape index (κ1) is 23.4. The number of primary amides is 1. The van der Waals surface area contributed by atoms with E-state index in [4.69, 9.17) is 10.7 Å². The maximum absolute atomic E-state index is 12.5. The molecule has 37 heavy (non-hydrogen) atoms. The number of hydrogen-bond donors (Lipinski definition) is 2. The number of aryl methyl sites for hydroxylation is 1. The van der Waals surface area contributed by atoms with Crippen LogP contribution in [0.3, 0.4) is 0 Å². The highest BCUT2D eigenvalue weighted by Crippen LogP contribution is 2.32. The summed E-state index contributed by atoms with van der Waals surface area (Å²) >= 11 is 0. The number of sulfone groups is 1. The van der Waals surface area contributed by atoms with E-state index < -0.39 is 22.0 Å². The number of aliphatic imine (C=N–C) groups is 1. The molecule has 2 aromatic heterocycles. The summed E-state index contributed by atoms with van der Waals surface area (Å²) in [7, 11) is -3.14. The van der Waals surface area contributed by atoms with Crippen LogP contribution in [-0.4, -0.2) is 47.0 Å². The highest BCUT2D eigenvalue weighted by molar-refractivity contribution is 7.91. The van der Waals surface area contributed by atoms with Crippen LogP contribution in [0, 0.1) is 6.92 Å². The Hall–Kier alpha value is -4.05. The monoisotopic (exact) mass is 516 g/mol. The van der Waals surface area contributed by atoms with Crippen molar-refractivity contribution in [3.8, 4) is 0 Å². The highest BCUT2D eigenvalue weighted by Gasteiger charge is 2.41. The van der Waals surface area contributed by atoms with Gasteiger partial charge < -0.3 is 15.6 Å². The average Bonchev–Trinajstić information content (AvgIpc) is 3.58. The van der Waals surface area contributed by atoms with E-state index in [0.717, 1.165) is 27.9 Å². The number of nitrogens with one attached hydrogen (secondary N) is 1. The summed E-state index contributed by atoms with van der Waals surface area (Å²) in [6, 6.07) is 21.2. The molecule has 4 heterocycles. The van der Waals surface area contributed by atoms with Crippen LogP contribution in [0.25, 0.3) is 10.9 Å². The normalized spacial score (nSPS) is 21.8. The van der Waals surface area contributed by atoms with Gasteiger partial charge in [-0.05, 0) is 49.2 Å². The van der Waals surface area contributed by atoms with Crippen molar-refractivity contribution in [2.45, 2.75) is 32.2 Å². The van der Waals surface area contributed by atoms with E-state index in [1.165, 1.54) is 0 Å². The number of amidine groups is 1. The molecule has 9 nitrogen and oxygen atoms in total. The van der Waals surface area contributed by atoms with Crippen LogP contribution < -0.4 is 16.1 Å². The first-order valence-corrected chi connectivity index (χ1v) is 14.1. The molecule has 1 amide bonds. The maximum Gasteiger partial charge on any atom is 0.249 e. The third kappa shape index (κ3) is 4.07. The Morgan fingerprint density at radius 2 is 1.92 bits per heavy atom. The summed E-state index contributed by atoms with van der Waals surface area (Å²) in [5, 5.41) is 6.46. The number of benzene rings is 2. The molecule has 1 fully saturated rings. The number of nitrogens with zero attached hydrogens (tertiary/aromatic N) is 4. The zero-order valence-electron chi connectivity index (χ0n) is 20.4. The van der Waals surface area contributed by atoms with Gasteiger partial charge in [0.05, 0.1) is 29.6 Å². The minimum Gasteiger partial charge on any atom is -0.366 e. The average molecular weight is 517 g/mol. The molecule has 190 valence electrons. The lowest BCUT2D eigenvalue weighted by Crippen LogP contribution is -2.60. The minimum atomic E-state index is -3.14. The van der Waals surface area contributed by atoms with E-state index in [0.29, 0.717) is 24.4 Å². The molecule has 2 aromatic carbocycles. The van der Waals surface area contributed by atoms with Crippen LogP contribution >= 0.6 is 0 Å². The molecule has 2 aliphatic rings. The Balaban J connectivity index is 1.51. The number of carbonyl (C=O) groups is 1. The fraction of sp³-hybridized carbons (Fsp3) is 0.259. The predicted octanol–water partition coefficient (Wildman–Crippen LogP) is 2.68. The lowest BCUT2D eigenvalue weighted by atomic mass is 10.1. The van der Waals surface area contributed by atoms with Crippen LogP contribution in [-0.2, 0) is 16.4 Å². The van der Waals surface area contributed by atoms with Gasteiger partial charge in [-0.15, -0.1) is 0 Å². The summed E-state index contributed by atoms with van der Waals surface area (Å²) in [5.41, 5.74) is 9.81. The van der Waals surface area contributed by atoms with Crippen molar-refractivity contribution in [2.24, 2.45) is 10.7 Å². The van der Waals surface area contributed by atoms with Crippen LogP contribution in [0.4, 0.5) is 0 Å². The highest BCUT2D eigenvalue weighted by atomic mass is 32.2. The third-order valence-electron chi connectivity index (χ3n) is 7.17. The Labute approximate surface area is 215 Å². The van der Waals surface area contributed by atoms with Crippen LogP contribution in [0.15, 0.2) is 77.9 Å². The molecule has 2 atom stereocenters. The molecular weight excluding hydrogens is 488 g/mol. The second-order valence-corrected chi connectivity index (χ2v) is 11.8. The molecule has 0 spiro atoms. The SMILES string of the molecule is Cc1cc2c(C(N)=O)cccc2n1C1NC(=NCc2ccccc2)c2cccn2N1C1CCS(=O)(=O)C1. The molecular formula is C27H28N6O3S. The standard InChI is InChI=1S/C27H28N6O3S/c1-18-15-22-21(25(28)34)9-5-10-23(22)32(18)27-30-26(29-16-19-7-3-2-4-8-19)24-11-6-13-31(24)33(27)20-12-14-37(35,36)17-20/h2-11,13,15,20,27H,12,14,16-17H2,1H3,(H2,28,34)(H,29,30). The molecule has 2 aliphatic heterocycles. The third-order valence-corrected chi connectivity index (χ3v) is 8.92. The lowest BCUT2D eigenvalue weighted by Gasteiger charge is -2.44. The van der Waals surface area contributed by atoms with Crippen LogP contribution in [0.2, 0.25) is 0 Å². The maximum atomic E-state index is 12.5. The van der Waals surface area contributed by atoms with E-state index in [1.54, 1.807) is 6.07 Å². The Kier molecular flexibility index (Phi) is 5.56. The van der Waals surface area contributed by atoms with Crippen molar-refractivity contribution in [3.63, 3.8) is 0 Å². The summed E-state index contributed by atoms with van der Waals surface area (Å²) in [4.78, 5) is 17.1. The molecule has 10 heteroatoms. The van der Waals surface area contributed by atoms with E-state index in [-0.39, 0.29) is 17.5 Å². The number of hydrogen-bond acceptors (Lipinski definition) is 5. The molecule has 2 unspecified atom stereocenters. The summed E-state index contributed by atoms with van der Waals surface area (Å²) < 4.78 is 29.1. The van der Waals surface area contributed by atoms with Crippen molar-refractivity contribution in [1.82, 2.24) is 14.6 Å². The molecule has 3 N–H and O–H groups in total. The van der Waals surface area contributed by atoms with Gasteiger partial charge >= 0.3 is 0 Å². The summed E-state index contributed by atoms with van der Waals surface area (Å²) in [6.45, 7) is 2.47. The molecule has 4 aromatic rings. The molecule has 6 rings (SSSR count). The van der Waals surface area contributed by atoms with Gasteiger partial charge in [0.1, 0.15) is 5.69 Å². The molecule has 1 saturated heterocycles. The Bertz CT molecular complexity index is 1640. The van der Waals surface area contributed by atoms with Crippen molar-refractivity contribution in [3.05, 3.63) is 95.4 Å². The zero-order chi connectivity index (χ0) is 25.7. The summed E-state index contributed by atoms with van der Waals surface area (Å²) in [6.07, 6.45) is 2.00. The fourth-order valence-electron chi connectivity index (χ4n) is 5.49. The molecule has 0 bridgehead atoms. The van der Waals surface area contributed by atoms with Crippen molar-refractivity contribution >= 4 is 32.5 Å². The van der Waals surface area contributed by atoms with Gasteiger partial charge in [-0.1, -0.05) is 36.4 Å². The van der Waals surface area contributed by atoms with E-state index in [1.807, 2.05) is 78.5 Å². The van der Waals surface area contributed by atoms with Crippen LogP contribution in [0.5, 0.6) is 0 Å². The predicted molar refractivity (Wildman–Crippen MR) is 144 cm³/mol. The number of amides is 1. The minimum absolute atomic E-state index is 0.0735. The smallest absolute Gasteiger partial charge is 0.249 e. The van der Waals surface area contributed by atoms with Crippen molar-refractivity contribution < 1.29 is 13.2 Å². The number of aromatic nitrogens is 2. The van der Waals surface area contributed by atoms with Gasteiger partial charge in [0.15, 0.2) is 22.0 Å². The first-order valence-electron chi connectivity index (χ1n) is 12.2. The Morgan fingerprint density at radius 1 is 1.11 bits per heavy atom. The van der Waals surface area contributed by atoms with Gasteiger partial charge in [-0.2, -0.15) is 0 Å². The van der Waals surface area contributed by atoms with Crippen molar-refractivity contribution in [1.29, 1.82) is 0 Å². The number of carbonyl (C=O) groups excluding carboxylic acids is 1. The molecule has 0 saturated carbocycles. The molecule has 0 aliphatic carbocycles. The number of fused-ring (bicyclic) bond motifs is 2. The largest absolute Gasteiger partial charge is 0.366 e.